The second kappa shape index (κ2) is 4.34. The van der Waals surface area contributed by atoms with E-state index in [2.05, 4.69) is 10.1 Å². The minimum atomic E-state index is -1.31. The maximum absolute atomic E-state index is 12.3. The van der Waals surface area contributed by atoms with Crippen LogP contribution in [-0.4, -0.2) is 49.1 Å². The van der Waals surface area contributed by atoms with Crippen LogP contribution in [0.25, 0.3) is 5.65 Å². The van der Waals surface area contributed by atoms with Gasteiger partial charge in [0.05, 0.1) is 6.20 Å². The molecule has 0 aliphatic heterocycles. The highest BCUT2D eigenvalue weighted by Crippen LogP contribution is 2.18. The van der Waals surface area contributed by atoms with E-state index in [4.69, 9.17) is 5.11 Å². The molecule has 0 atom stereocenters. The fraction of sp³-hybridized carbons (Fsp3) is 0.333. The fourth-order valence-electron chi connectivity index (χ4n) is 1.56. The lowest BCUT2D eigenvalue weighted by atomic mass is 10.0. The first-order chi connectivity index (χ1) is 8.85. The molecule has 19 heavy (non-hydrogen) atoms. The van der Waals surface area contributed by atoms with Crippen LogP contribution in [0.5, 0.6) is 0 Å². The van der Waals surface area contributed by atoms with Crippen molar-refractivity contribution in [1.29, 1.82) is 0 Å². The second-order valence-electron chi connectivity index (χ2n) is 4.67. The van der Waals surface area contributed by atoms with Gasteiger partial charge in [0.1, 0.15) is 11.1 Å². The minimum absolute atomic E-state index is 0.275. The molecule has 7 heteroatoms. The van der Waals surface area contributed by atoms with Crippen molar-refractivity contribution in [3.05, 3.63) is 30.2 Å². The number of hydrogen-bond donors (Lipinski definition) is 1. The molecule has 0 spiro atoms. The largest absolute Gasteiger partial charge is 0.480 e. The van der Waals surface area contributed by atoms with Crippen molar-refractivity contribution in [2.24, 2.45) is 0 Å². The first-order valence-electron chi connectivity index (χ1n) is 5.65. The Bertz CT molecular complexity index is 647. The smallest absolute Gasteiger partial charge is 0.329 e. The Kier molecular flexibility index (Phi) is 2.97. The van der Waals surface area contributed by atoms with Gasteiger partial charge < -0.3 is 10.0 Å². The van der Waals surface area contributed by atoms with Gasteiger partial charge in [0, 0.05) is 19.4 Å². The first-order valence-corrected chi connectivity index (χ1v) is 5.65. The number of nitrogens with zero attached hydrogens (tertiary/aromatic N) is 4. The van der Waals surface area contributed by atoms with Gasteiger partial charge >= 0.3 is 5.97 Å². The molecule has 7 nitrogen and oxygen atoms in total. The fourth-order valence-corrected chi connectivity index (χ4v) is 1.56. The van der Waals surface area contributed by atoms with E-state index in [-0.39, 0.29) is 5.56 Å². The van der Waals surface area contributed by atoms with Gasteiger partial charge in [0.2, 0.25) is 0 Å². The van der Waals surface area contributed by atoms with E-state index in [1.807, 2.05) is 0 Å². The van der Waals surface area contributed by atoms with Gasteiger partial charge in [0.25, 0.3) is 5.91 Å². The van der Waals surface area contributed by atoms with Gasteiger partial charge in [0.15, 0.2) is 5.65 Å². The summed E-state index contributed by atoms with van der Waals surface area (Å²) in [5.41, 5.74) is -0.627. The number of carbonyl (C=O) groups excluding carboxylic acids is 1. The Hall–Kier alpha value is -2.44. The molecule has 2 aromatic heterocycles. The summed E-state index contributed by atoms with van der Waals surface area (Å²) in [4.78, 5) is 28.8. The Morgan fingerprint density at radius 3 is 2.74 bits per heavy atom. The monoisotopic (exact) mass is 262 g/mol. The standard InChI is InChI=1S/C12H14N4O3/c1-12(2,11(18)19)15(3)10(17)8-7-14-16-6-4-5-13-9(8)16/h4-7H,1-3H3,(H,18,19). The summed E-state index contributed by atoms with van der Waals surface area (Å²) >= 11 is 0. The lowest BCUT2D eigenvalue weighted by Crippen LogP contribution is -2.50. The van der Waals surface area contributed by atoms with Crippen LogP contribution in [0.3, 0.4) is 0 Å². The predicted octanol–water partition coefficient (Wildman–Crippen LogP) is 0.665. The van der Waals surface area contributed by atoms with E-state index in [0.29, 0.717) is 5.65 Å². The van der Waals surface area contributed by atoms with Crippen LogP contribution < -0.4 is 0 Å². The molecular weight excluding hydrogens is 248 g/mol. The molecule has 0 saturated carbocycles. The first kappa shape index (κ1) is 13.0. The summed E-state index contributed by atoms with van der Waals surface area (Å²) < 4.78 is 1.47. The van der Waals surface area contributed by atoms with Gasteiger partial charge in [-0.2, -0.15) is 5.10 Å². The number of hydrogen-bond acceptors (Lipinski definition) is 4. The van der Waals surface area contributed by atoms with Crippen LogP contribution in [0.15, 0.2) is 24.7 Å². The van der Waals surface area contributed by atoms with Crippen LogP contribution >= 0.6 is 0 Å². The highest BCUT2D eigenvalue weighted by molar-refractivity contribution is 6.01. The molecule has 0 aliphatic carbocycles. The molecule has 2 aromatic rings. The number of carboxylic acid groups (broad SMARTS) is 1. The van der Waals surface area contributed by atoms with E-state index >= 15 is 0 Å². The normalized spacial score (nSPS) is 11.5. The molecule has 0 saturated heterocycles. The van der Waals surface area contributed by atoms with Crippen molar-refractivity contribution in [3.63, 3.8) is 0 Å². The zero-order chi connectivity index (χ0) is 14.2. The third kappa shape index (κ3) is 2.03. The van der Waals surface area contributed by atoms with Crippen molar-refractivity contribution in [2.45, 2.75) is 19.4 Å². The maximum atomic E-state index is 12.3. The Labute approximate surface area is 109 Å². The highest BCUT2D eigenvalue weighted by atomic mass is 16.4. The van der Waals surface area contributed by atoms with Gasteiger partial charge in [-0.3, -0.25) is 4.79 Å². The summed E-state index contributed by atoms with van der Waals surface area (Å²) in [7, 11) is 1.45. The molecule has 0 radical (unpaired) electrons. The number of aromatic nitrogens is 3. The number of likely N-dealkylation sites (N-methyl/N-ethyl adjacent to an activating group) is 1. The van der Waals surface area contributed by atoms with Crippen LogP contribution in [0.4, 0.5) is 0 Å². The Morgan fingerprint density at radius 1 is 1.42 bits per heavy atom. The number of carboxylic acids is 1. The van der Waals surface area contributed by atoms with Crippen LogP contribution in [0.1, 0.15) is 24.2 Å². The molecule has 2 rings (SSSR count). The molecule has 2 heterocycles. The van der Waals surface area contributed by atoms with Crippen molar-refractivity contribution >= 4 is 17.5 Å². The molecule has 0 fully saturated rings. The number of carbonyl (C=O) groups is 2. The van der Waals surface area contributed by atoms with Crippen molar-refractivity contribution < 1.29 is 14.7 Å². The van der Waals surface area contributed by atoms with Crippen molar-refractivity contribution in [3.8, 4) is 0 Å². The van der Waals surface area contributed by atoms with E-state index < -0.39 is 17.4 Å². The topological polar surface area (TPSA) is 87.8 Å². The minimum Gasteiger partial charge on any atom is -0.480 e. The summed E-state index contributed by atoms with van der Waals surface area (Å²) in [6.45, 7) is 2.93. The molecule has 0 aromatic carbocycles. The van der Waals surface area contributed by atoms with Gasteiger partial charge in [-0.1, -0.05) is 0 Å². The average Bonchev–Trinajstić information content (AvgIpc) is 2.80. The summed E-state index contributed by atoms with van der Waals surface area (Å²) in [6, 6.07) is 1.69. The average molecular weight is 262 g/mol. The van der Waals surface area contributed by atoms with Gasteiger partial charge in [-0.25, -0.2) is 14.3 Å². The lowest BCUT2D eigenvalue weighted by Gasteiger charge is -2.31. The molecule has 100 valence electrons. The van der Waals surface area contributed by atoms with Crippen molar-refractivity contribution in [1.82, 2.24) is 19.5 Å². The zero-order valence-electron chi connectivity index (χ0n) is 10.9. The zero-order valence-corrected chi connectivity index (χ0v) is 10.9. The van der Waals surface area contributed by atoms with E-state index in [1.54, 1.807) is 18.5 Å². The highest BCUT2D eigenvalue weighted by Gasteiger charge is 2.36. The number of amides is 1. The quantitative estimate of drug-likeness (QED) is 0.878. The van der Waals surface area contributed by atoms with E-state index in [1.165, 1.54) is 36.5 Å². The number of rotatable bonds is 3. The molecular formula is C12H14N4O3. The SMILES string of the molecule is CN(C(=O)c1cnn2cccnc12)C(C)(C)C(=O)O. The third-order valence-electron chi connectivity index (χ3n) is 3.18. The van der Waals surface area contributed by atoms with Crippen LogP contribution in [-0.2, 0) is 4.79 Å². The van der Waals surface area contributed by atoms with Gasteiger partial charge in [-0.05, 0) is 19.9 Å². The molecule has 1 amide bonds. The molecule has 0 unspecified atom stereocenters. The number of aliphatic carboxylic acids is 1. The predicted molar refractivity (Wildman–Crippen MR) is 66.8 cm³/mol. The van der Waals surface area contributed by atoms with Crippen LogP contribution in [0, 0.1) is 0 Å². The third-order valence-corrected chi connectivity index (χ3v) is 3.18. The molecule has 0 bridgehead atoms. The second-order valence-corrected chi connectivity index (χ2v) is 4.67. The summed E-state index contributed by atoms with van der Waals surface area (Å²) in [6.07, 6.45) is 4.61. The number of fused-ring (bicyclic) bond motifs is 1. The Morgan fingerprint density at radius 2 is 2.11 bits per heavy atom. The lowest BCUT2D eigenvalue weighted by molar-refractivity contribution is -0.147. The van der Waals surface area contributed by atoms with Gasteiger partial charge in [-0.15, -0.1) is 0 Å². The maximum Gasteiger partial charge on any atom is 0.329 e. The molecule has 1 N–H and O–H groups in total. The summed E-state index contributed by atoms with van der Waals surface area (Å²) in [5.74, 6) is -1.51. The molecule has 0 aliphatic rings. The van der Waals surface area contributed by atoms with E-state index in [0.717, 1.165) is 0 Å². The van der Waals surface area contributed by atoms with Crippen LogP contribution in [0.2, 0.25) is 0 Å². The van der Waals surface area contributed by atoms with E-state index in [9.17, 15) is 9.59 Å². The van der Waals surface area contributed by atoms with Crippen molar-refractivity contribution in [2.75, 3.05) is 7.05 Å². The summed E-state index contributed by atoms with van der Waals surface area (Å²) in [5, 5.41) is 13.1. The Balaban J connectivity index is 2.42.